The van der Waals surface area contributed by atoms with Gasteiger partial charge in [0.15, 0.2) is 0 Å². The van der Waals surface area contributed by atoms with E-state index in [9.17, 15) is 9.18 Å². The molecule has 1 amide bonds. The first-order chi connectivity index (χ1) is 9.02. The monoisotopic (exact) mass is 285 g/mol. The first kappa shape index (κ1) is 14.3. The third-order valence-electron chi connectivity index (χ3n) is 3.21. The van der Waals surface area contributed by atoms with Gasteiger partial charge in [0, 0.05) is 13.1 Å². The molecule has 1 aliphatic heterocycles. The number of hydrogen-bond donors (Lipinski definition) is 0. The van der Waals surface area contributed by atoms with Crippen LogP contribution in [0.15, 0.2) is 18.2 Å². The van der Waals surface area contributed by atoms with Gasteiger partial charge < -0.3 is 9.64 Å². The highest BCUT2D eigenvalue weighted by Gasteiger charge is 2.29. The summed E-state index contributed by atoms with van der Waals surface area (Å²) < 4.78 is 19.6. The molecular weight excluding hydrogens is 269 g/mol. The Morgan fingerprint density at radius 1 is 1.53 bits per heavy atom. The number of morpholine rings is 1. The van der Waals surface area contributed by atoms with Gasteiger partial charge in [0.1, 0.15) is 5.82 Å². The maximum atomic E-state index is 14.0. The average Bonchev–Trinajstić information content (AvgIpc) is 2.40. The van der Waals surface area contributed by atoms with Gasteiger partial charge in [-0.3, -0.25) is 4.79 Å². The van der Waals surface area contributed by atoms with E-state index in [-0.39, 0.29) is 23.7 Å². The number of aryl methyl sites for hydroxylation is 1. The Balaban J connectivity index is 2.21. The molecule has 5 heteroatoms. The number of alkyl halides is 1. The van der Waals surface area contributed by atoms with E-state index in [1.165, 1.54) is 6.07 Å². The first-order valence-corrected chi connectivity index (χ1v) is 6.82. The summed E-state index contributed by atoms with van der Waals surface area (Å²) in [5, 5.41) is 0. The number of benzene rings is 1. The van der Waals surface area contributed by atoms with Crippen LogP contribution in [0.1, 0.15) is 22.8 Å². The van der Waals surface area contributed by atoms with Crippen LogP contribution < -0.4 is 0 Å². The van der Waals surface area contributed by atoms with Crippen LogP contribution in [0.3, 0.4) is 0 Å². The highest BCUT2D eigenvalue weighted by atomic mass is 35.5. The van der Waals surface area contributed by atoms with Crippen LogP contribution in [0.5, 0.6) is 0 Å². The van der Waals surface area contributed by atoms with Crippen molar-refractivity contribution in [3.8, 4) is 0 Å². The maximum absolute atomic E-state index is 14.0. The number of ether oxygens (including phenoxy) is 1. The van der Waals surface area contributed by atoms with Gasteiger partial charge in [-0.1, -0.05) is 12.1 Å². The van der Waals surface area contributed by atoms with Gasteiger partial charge in [0.2, 0.25) is 0 Å². The molecule has 1 fully saturated rings. The summed E-state index contributed by atoms with van der Waals surface area (Å²) in [5.74, 6) is -0.426. The lowest BCUT2D eigenvalue weighted by molar-refractivity contribution is -0.0571. The Kier molecular flexibility index (Phi) is 4.42. The number of nitrogens with zero attached hydrogens (tertiary/aromatic N) is 1. The summed E-state index contributed by atoms with van der Waals surface area (Å²) in [6, 6.07) is 4.85. The summed E-state index contributed by atoms with van der Waals surface area (Å²) in [7, 11) is 0. The molecule has 0 aromatic heterocycles. The van der Waals surface area contributed by atoms with Gasteiger partial charge in [0.25, 0.3) is 5.91 Å². The fourth-order valence-corrected chi connectivity index (χ4v) is 2.45. The minimum atomic E-state index is -0.450. The molecule has 0 N–H and O–H groups in total. The smallest absolute Gasteiger partial charge is 0.257 e. The van der Waals surface area contributed by atoms with E-state index >= 15 is 0 Å². The zero-order chi connectivity index (χ0) is 14.0. The molecule has 19 heavy (non-hydrogen) atoms. The van der Waals surface area contributed by atoms with E-state index < -0.39 is 5.82 Å². The summed E-state index contributed by atoms with van der Waals surface area (Å²) in [6.45, 7) is 4.39. The maximum Gasteiger partial charge on any atom is 0.257 e. The van der Waals surface area contributed by atoms with Crippen molar-refractivity contribution in [2.45, 2.75) is 26.1 Å². The van der Waals surface area contributed by atoms with Gasteiger partial charge >= 0.3 is 0 Å². The zero-order valence-corrected chi connectivity index (χ0v) is 11.8. The lowest BCUT2D eigenvalue weighted by atomic mass is 10.1. The van der Waals surface area contributed by atoms with Crippen LogP contribution >= 0.6 is 11.6 Å². The topological polar surface area (TPSA) is 29.5 Å². The standard InChI is InChI=1S/C14H17ClFNO2/c1-9-4-3-5-12(13(9)16)14(18)17-7-10(2)19-11(6-15)8-17/h3-5,10-11H,6-8H2,1-2H3. The second kappa shape index (κ2) is 5.88. The third-order valence-corrected chi connectivity index (χ3v) is 3.55. The van der Waals surface area contributed by atoms with Gasteiger partial charge in [-0.25, -0.2) is 4.39 Å². The normalized spacial score (nSPS) is 23.5. The van der Waals surface area contributed by atoms with Gasteiger partial charge in [-0.2, -0.15) is 0 Å². The third kappa shape index (κ3) is 3.07. The average molecular weight is 286 g/mol. The van der Waals surface area contributed by atoms with Gasteiger partial charge in [-0.15, -0.1) is 11.6 Å². The van der Waals surface area contributed by atoms with E-state index in [0.29, 0.717) is 24.5 Å². The van der Waals surface area contributed by atoms with Crippen LogP contribution in [0, 0.1) is 12.7 Å². The van der Waals surface area contributed by atoms with Gasteiger partial charge in [-0.05, 0) is 25.5 Å². The minimum Gasteiger partial charge on any atom is -0.370 e. The second-order valence-corrected chi connectivity index (χ2v) is 5.18. The summed E-state index contributed by atoms with van der Waals surface area (Å²) >= 11 is 5.78. The fourth-order valence-electron chi connectivity index (χ4n) is 2.28. The van der Waals surface area contributed by atoms with E-state index in [1.807, 2.05) is 6.92 Å². The number of carbonyl (C=O) groups excluding carboxylic acids is 1. The molecule has 0 spiro atoms. The molecule has 1 aliphatic rings. The van der Waals surface area contributed by atoms with Crippen molar-refractivity contribution >= 4 is 17.5 Å². The van der Waals surface area contributed by atoms with Crippen molar-refractivity contribution in [3.63, 3.8) is 0 Å². The molecule has 2 rings (SSSR count). The molecule has 1 aromatic rings. The molecule has 0 aliphatic carbocycles. The van der Waals surface area contributed by atoms with E-state index in [0.717, 1.165) is 0 Å². The van der Waals surface area contributed by atoms with Crippen molar-refractivity contribution in [3.05, 3.63) is 35.1 Å². The molecule has 0 radical (unpaired) electrons. The number of rotatable bonds is 2. The van der Waals surface area contributed by atoms with Crippen molar-refractivity contribution in [1.82, 2.24) is 4.90 Å². The van der Waals surface area contributed by atoms with Crippen LogP contribution in [0.25, 0.3) is 0 Å². The summed E-state index contributed by atoms with van der Waals surface area (Å²) in [4.78, 5) is 14.0. The van der Waals surface area contributed by atoms with Crippen molar-refractivity contribution in [1.29, 1.82) is 0 Å². The highest BCUT2D eigenvalue weighted by Crippen LogP contribution is 2.18. The van der Waals surface area contributed by atoms with Crippen molar-refractivity contribution in [2.24, 2.45) is 0 Å². The molecular formula is C14H17ClFNO2. The molecule has 0 saturated carbocycles. The lowest BCUT2D eigenvalue weighted by Crippen LogP contribution is -2.50. The Labute approximate surface area is 117 Å². The lowest BCUT2D eigenvalue weighted by Gasteiger charge is -2.36. The fraction of sp³-hybridized carbons (Fsp3) is 0.500. The molecule has 2 atom stereocenters. The molecule has 1 saturated heterocycles. The number of halogens is 2. The first-order valence-electron chi connectivity index (χ1n) is 6.28. The molecule has 3 nitrogen and oxygen atoms in total. The van der Waals surface area contributed by atoms with Crippen LogP contribution in [-0.2, 0) is 4.74 Å². The van der Waals surface area contributed by atoms with Crippen LogP contribution in [0.2, 0.25) is 0 Å². The summed E-state index contributed by atoms with van der Waals surface area (Å²) in [6.07, 6.45) is -0.281. The number of hydrogen-bond acceptors (Lipinski definition) is 2. The SMILES string of the molecule is Cc1cccc(C(=O)N2CC(C)OC(CCl)C2)c1F. The largest absolute Gasteiger partial charge is 0.370 e. The predicted octanol–water partition coefficient (Wildman–Crippen LogP) is 2.60. The number of carbonyl (C=O) groups is 1. The Bertz CT molecular complexity index is 481. The second-order valence-electron chi connectivity index (χ2n) is 4.87. The molecule has 104 valence electrons. The number of amides is 1. The minimum absolute atomic E-state index is 0.0886. The van der Waals surface area contributed by atoms with Gasteiger partial charge in [0.05, 0.1) is 23.7 Å². The highest BCUT2D eigenvalue weighted by molar-refractivity contribution is 6.18. The predicted molar refractivity (Wildman–Crippen MR) is 72.1 cm³/mol. The Morgan fingerprint density at radius 2 is 2.26 bits per heavy atom. The zero-order valence-electron chi connectivity index (χ0n) is 11.0. The molecule has 1 aromatic carbocycles. The molecule has 1 heterocycles. The van der Waals surface area contributed by atoms with E-state index in [4.69, 9.17) is 16.3 Å². The van der Waals surface area contributed by atoms with E-state index in [1.54, 1.807) is 24.0 Å². The van der Waals surface area contributed by atoms with Crippen molar-refractivity contribution in [2.75, 3.05) is 19.0 Å². The Morgan fingerprint density at radius 3 is 2.95 bits per heavy atom. The Hall–Kier alpha value is -1.13. The van der Waals surface area contributed by atoms with Crippen LogP contribution in [0.4, 0.5) is 4.39 Å². The van der Waals surface area contributed by atoms with Crippen molar-refractivity contribution < 1.29 is 13.9 Å². The summed E-state index contributed by atoms with van der Waals surface area (Å²) in [5.41, 5.74) is 0.587. The molecule has 0 bridgehead atoms. The van der Waals surface area contributed by atoms with E-state index in [2.05, 4.69) is 0 Å². The van der Waals surface area contributed by atoms with Crippen LogP contribution in [-0.4, -0.2) is 42.0 Å². The quantitative estimate of drug-likeness (QED) is 0.782. The molecule has 2 unspecified atom stereocenters.